The molecule has 0 unspecified atom stereocenters. The summed E-state index contributed by atoms with van der Waals surface area (Å²) in [6.45, 7) is 1.77. The molecule has 0 saturated heterocycles. The van der Waals surface area contributed by atoms with Gasteiger partial charge in [0.05, 0.1) is 25.1 Å². The molecule has 3 rings (SSSR count). The lowest BCUT2D eigenvalue weighted by atomic mass is 10.0. The van der Waals surface area contributed by atoms with E-state index in [0.717, 1.165) is 11.1 Å². The highest BCUT2D eigenvalue weighted by atomic mass is 16.5. The van der Waals surface area contributed by atoms with Gasteiger partial charge >= 0.3 is 0 Å². The Morgan fingerprint density at radius 2 is 1.64 bits per heavy atom. The number of methoxy groups -OCH3 is 2. The fourth-order valence-corrected chi connectivity index (χ4v) is 2.45. The lowest BCUT2D eigenvalue weighted by Gasteiger charge is -2.10. The minimum Gasteiger partial charge on any atom is -0.493 e. The third-order valence-corrected chi connectivity index (χ3v) is 3.54. The molecule has 0 atom stereocenters. The predicted molar refractivity (Wildman–Crippen MR) is 85.6 cm³/mol. The van der Waals surface area contributed by atoms with E-state index in [9.17, 15) is 4.79 Å². The summed E-state index contributed by atoms with van der Waals surface area (Å²) >= 11 is 0. The lowest BCUT2D eigenvalue weighted by molar-refractivity contribution is 0.355. The molecule has 0 fully saturated rings. The summed E-state index contributed by atoms with van der Waals surface area (Å²) in [5.74, 6) is 1.94. The van der Waals surface area contributed by atoms with Crippen molar-refractivity contribution in [2.75, 3.05) is 14.2 Å². The van der Waals surface area contributed by atoms with E-state index in [1.165, 1.54) is 0 Å². The molecule has 0 bridgehead atoms. The van der Waals surface area contributed by atoms with Crippen LogP contribution in [0.1, 0.15) is 5.82 Å². The first-order valence-corrected chi connectivity index (χ1v) is 6.85. The fourth-order valence-electron chi connectivity index (χ4n) is 2.45. The highest BCUT2D eigenvalue weighted by Gasteiger charge is 2.08. The van der Waals surface area contributed by atoms with E-state index in [1.54, 1.807) is 27.2 Å². The zero-order chi connectivity index (χ0) is 15.7. The third-order valence-electron chi connectivity index (χ3n) is 3.54. The van der Waals surface area contributed by atoms with E-state index in [0.29, 0.717) is 28.2 Å². The average molecular weight is 296 g/mol. The normalized spacial score (nSPS) is 10.7. The second-order valence-electron chi connectivity index (χ2n) is 4.95. The molecule has 0 aliphatic carbocycles. The molecule has 0 aliphatic rings. The molecule has 112 valence electrons. The Morgan fingerprint density at radius 1 is 0.955 bits per heavy atom. The van der Waals surface area contributed by atoms with Gasteiger partial charge in [0.1, 0.15) is 5.82 Å². The van der Waals surface area contributed by atoms with E-state index in [2.05, 4.69) is 9.97 Å². The number of aryl methyl sites for hydroxylation is 1. The van der Waals surface area contributed by atoms with Crippen LogP contribution >= 0.6 is 0 Å². The molecule has 5 heteroatoms. The molecule has 0 spiro atoms. The van der Waals surface area contributed by atoms with Gasteiger partial charge < -0.3 is 14.5 Å². The molecular weight excluding hydrogens is 280 g/mol. The second-order valence-corrected chi connectivity index (χ2v) is 4.95. The molecular formula is C17H16N2O3. The van der Waals surface area contributed by atoms with Gasteiger partial charge in [-0.2, -0.15) is 0 Å². The fraction of sp³-hybridized carbons (Fsp3) is 0.176. The summed E-state index contributed by atoms with van der Waals surface area (Å²) in [5.41, 5.74) is 2.49. The van der Waals surface area contributed by atoms with Crippen molar-refractivity contribution in [3.05, 3.63) is 52.6 Å². The van der Waals surface area contributed by atoms with Crippen molar-refractivity contribution in [3.8, 4) is 22.6 Å². The van der Waals surface area contributed by atoms with E-state index in [-0.39, 0.29) is 5.56 Å². The van der Waals surface area contributed by atoms with Gasteiger partial charge in [0.25, 0.3) is 5.56 Å². The van der Waals surface area contributed by atoms with Gasteiger partial charge in [-0.15, -0.1) is 0 Å². The van der Waals surface area contributed by atoms with Gasteiger partial charge in [-0.3, -0.25) is 4.79 Å². The van der Waals surface area contributed by atoms with Crippen molar-refractivity contribution in [1.29, 1.82) is 0 Å². The number of aromatic amines is 1. The molecule has 0 saturated carbocycles. The van der Waals surface area contributed by atoms with Crippen LogP contribution in [-0.2, 0) is 0 Å². The van der Waals surface area contributed by atoms with Crippen LogP contribution in [-0.4, -0.2) is 24.2 Å². The first-order valence-electron chi connectivity index (χ1n) is 6.85. The maximum absolute atomic E-state index is 11.9. The highest BCUT2D eigenvalue weighted by molar-refractivity contribution is 5.84. The van der Waals surface area contributed by atoms with Crippen LogP contribution in [0.15, 0.2) is 41.2 Å². The molecule has 5 nitrogen and oxygen atoms in total. The first-order chi connectivity index (χ1) is 10.6. The summed E-state index contributed by atoms with van der Waals surface area (Å²) in [6.07, 6.45) is 0. The van der Waals surface area contributed by atoms with Gasteiger partial charge in [0, 0.05) is 0 Å². The summed E-state index contributed by atoms with van der Waals surface area (Å²) in [6, 6.07) is 11.3. The average Bonchev–Trinajstić information content (AvgIpc) is 2.53. The third kappa shape index (κ3) is 2.41. The maximum atomic E-state index is 11.9. The van der Waals surface area contributed by atoms with Gasteiger partial charge in [0.2, 0.25) is 0 Å². The summed E-state index contributed by atoms with van der Waals surface area (Å²) < 4.78 is 10.6. The van der Waals surface area contributed by atoms with E-state index in [1.807, 2.05) is 30.3 Å². The number of hydrogen-bond acceptors (Lipinski definition) is 4. The molecule has 0 amide bonds. The standard InChI is InChI=1S/C17H16N2O3/c1-10-18-14-8-11(4-6-13(14)17(20)19-10)12-5-7-15(21-2)16(9-12)22-3/h4-9H,1-3H3,(H,18,19,20). The molecule has 3 aromatic rings. The van der Waals surface area contributed by atoms with Crippen molar-refractivity contribution in [2.24, 2.45) is 0 Å². The minimum absolute atomic E-state index is 0.124. The largest absolute Gasteiger partial charge is 0.493 e. The van der Waals surface area contributed by atoms with Crippen LogP contribution in [0.5, 0.6) is 11.5 Å². The highest BCUT2D eigenvalue weighted by Crippen LogP contribution is 2.32. The second kappa shape index (κ2) is 5.52. The topological polar surface area (TPSA) is 64.2 Å². The summed E-state index contributed by atoms with van der Waals surface area (Å²) in [4.78, 5) is 19.0. The zero-order valence-corrected chi connectivity index (χ0v) is 12.6. The van der Waals surface area contributed by atoms with Crippen molar-refractivity contribution in [3.63, 3.8) is 0 Å². The van der Waals surface area contributed by atoms with Crippen LogP contribution in [0.4, 0.5) is 0 Å². The quantitative estimate of drug-likeness (QED) is 0.807. The van der Waals surface area contributed by atoms with Crippen molar-refractivity contribution in [2.45, 2.75) is 6.92 Å². The number of benzene rings is 2. The van der Waals surface area contributed by atoms with Crippen molar-refractivity contribution in [1.82, 2.24) is 9.97 Å². The van der Waals surface area contributed by atoms with Crippen molar-refractivity contribution < 1.29 is 9.47 Å². The Morgan fingerprint density at radius 3 is 2.36 bits per heavy atom. The van der Waals surface area contributed by atoms with Crippen LogP contribution in [0, 0.1) is 6.92 Å². The SMILES string of the molecule is COc1ccc(-c2ccc3c(=O)[nH]c(C)nc3c2)cc1OC. The Bertz CT molecular complexity index is 900. The van der Waals surface area contributed by atoms with Crippen LogP contribution in [0.2, 0.25) is 0 Å². The van der Waals surface area contributed by atoms with Crippen LogP contribution in [0.3, 0.4) is 0 Å². The van der Waals surface area contributed by atoms with Crippen LogP contribution < -0.4 is 15.0 Å². The number of ether oxygens (including phenoxy) is 2. The number of nitrogens with one attached hydrogen (secondary N) is 1. The van der Waals surface area contributed by atoms with Gasteiger partial charge in [-0.1, -0.05) is 12.1 Å². The minimum atomic E-state index is -0.124. The molecule has 0 radical (unpaired) electrons. The lowest BCUT2D eigenvalue weighted by Crippen LogP contribution is -2.09. The number of H-pyrrole nitrogens is 1. The first kappa shape index (κ1) is 14.1. The summed E-state index contributed by atoms with van der Waals surface area (Å²) in [5, 5.41) is 0.579. The van der Waals surface area contributed by atoms with Gasteiger partial charge in [-0.05, 0) is 42.3 Å². The Hall–Kier alpha value is -2.82. The summed E-state index contributed by atoms with van der Waals surface area (Å²) in [7, 11) is 3.21. The molecule has 1 heterocycles. The Kier molecular flexibility index (Phi) is 3.55. The van der Waals surface area contributed by atoms with Gasteiger partial charge in [-0.25, -0.2) is 4.98 Å². The van der Waals surface area contributed by atoms with Crippen molar-refractivity contribution >= 4 is 10.9 Å². The number of nitrogens with zero attached hydrogens (tertiary/aromatic N) is 1. The molecule has 1 N–H and O–H groups in total. The van der Waals surface area contributed by atoms with E-state index in [4.69, 9.17) is 9.47 Å². The Labute approximate surface area is 127 Å². The smallest absolute Gasteiger partial charge is 0.258 e. The molecule has 22 heavy (non-hydrogen) atoms. The molecule has 1 aromatic heterocycles. The monoisotopic (exact) mass is 296 g/mol. The number of rotatable bonds is 3. The number of hydrogen-bond donors (Lipinski definition) is 1. The Balaban J connectivity index is 2.16. The number of fused-ring (bicyclic) bond motifs is 1. The molecule has 2 aromatic carbocycles. The van der Waals surface area contributed by atoms with E-state index >= 15 is 0 Å². The zero-order valence-electron chi connectivity index (χ0n) is 12.6. The van der Waals surface area contributed by atoms with Gasteiger partial charge in [0.15, 0.2) is 11.5 Å². The maximum Gasteiger partial charge on any atom is 0.258 e. The predicted octanol–water partition coefficient (Wildman–Crippen LogP) is 2.92. The number of aromatic nitrogens is 2. The van der Waals surface area contributed by atoms with Crippen LogP contribution in [0.25, 0.3) is 22.0 Å². The van der Waals surface area contributed by atoms with E-state index < -0.39 is 0 Å². The molecule has 0 aliphatic heterocycles.